The molecule has 0 radical (unpaired) electrons. The lowest BCUT2D eigenvalue weighted by atomic mass is 10.0. The Bertz CT molecular complexity index is 1440. The number of hydrogen-bond donors (Lipinski definition) is 1. The monoisotopic (exact) mass is 460 g/mol. The number of anilines is 1. The van der Waals surface area contributed by atoms with Gasteiger partial charge in [-0.15, -0.1) is 0 Å². The molecule has 2 bridgehead atoms. The van der Waals surface area contributed by atoms with Crippen molar-refractivity contribution in [3.05, 3.63) is 52.7 Å². The molecule has 0 spiro atoms. The van der Waals surface area contributed by atoms with Crippen LogP contribution in [0, 0.1) is 17.1 Å². The molecule has 2 N–H and O–H groups in total. The summed E-state index contributed by atoms with van der Waals surface area (Å²) in [6.45, 7) is 5.18. The van der Waals surface area contributed by atoms with E-state index in [1.54, 1.807) is 33.9 Å². The van der Waals surface area contributed by atoms with E-state index in [1.807, 2.05) is 0 Å². The van der Waals surface area contributed by atoms with Gasteiger partial charge in [0.05, 0.1) is 29.7 Å². The van der Waals surface area contributed by atoms with E-state index < -0.39 is 17.5 Å². The van der Waals surface area contributed by atoms with Gasteiger partial charge in [0, 0.05) is 18.2 Å². The van der Waals surface area contributed by atoms with Crippen molar-refractivity contribution in [3.63, 3.8) is 0 Å². The molecule has 1 amide bonds. The maximum atomic E-state index is 14.3. The lowest BCUT2D eigenvalue weighted by Crippen LogP contribution is -2.39. The molecule has 4 heterocycles. The lowest BCUT2D eigenvalue weighted by Gasteiger charge is -2.24. The molecule has 1 atom stereocenters. The Morgan fingerprint density at radius 2 is 2.12 bits per heavy atom. The first kappa shape index (κ1) is 21.5. The van der Waals surface area contributed by atoms with E-state index in [0.717, 1.165) is 0 Å². The number of halogens is 1. The second-order valence-electron chi connectivity index (χ2n) is 8.73. The molecule has 10 nitrogen and oxygen atoms in total. The quantitative estimate of drug-likeness (QED) is 0.544. The Kier molecular flexibility index (Phi) is 4.65. The number of amidine groups is 1. The molecular formula is C23H21FN8O2. The van der Waals surface area contributed by atoms with Gasteiger partial charge in [0.1, 0.15) is 35.1 Å². The molecule has 0 fully saturated rings. The molecule has 0 aliphatic carbocycles. The maximum Gasteiger partial charge on any atom is 0.258 e. The summed E-state index contributed by atoms with van der Waals surface area (Å²) < 4.78 is 21.8. The second-order valence-corrected chi connectivity index (χ2v) is 8.73. The third-order valence-electron chi connectivity index (χ3n) is 5.95. The van der Waals surface area contributed by atoms with Crippen molar-refractivity contribution in [2.75, 3.05) is 5.73 Å². The molecular weight excluding hydrogens is 439 g/mol. The average Bonchev–Trinajstić information content (AvgIpc) is 3.22. The number of nitrogen functional groups attached to an aromatic ring is 1. The van der Waals surface area contributed by atoms with Crippen LogP contribution in [-0.4, -0.2) is 41.9 Å². The lowest BCUT2D eigenvalue weighted by molar-refractivity contribution is -0.130. The number of benzene rings is 1. The van der Waals surface area contributed by atoms with Crippen molar-refractivity contribution in [1.82, 2.24) is 24.6 Å². The number of nitriles is 1. The summed E-state index contributed by atoms with van der Waals surface area (Å²) >= 11 is 0. The summed E-state index contributed by atoms with van der Waals surface area (Å²) in [6, 6.07) is 6.37. The van der Waals surface area contributed by atoms with E-state index in [1.165, 1.54) is 27.9 Å². The van der Waals surface area contributed by atoms with Gasteiger partial charge in [-0.1, -0.05) is 0 Å². The average molecular weight is 460 g/mol. The highest BCUT2D eigenvalue weighted by Crippen LogP contribution is 2.36. The highest BCUT2D eigenvalue weighted by atomic mass is 19.1. The zero-order valence-electron chi connectivity index (χ0n) is 19.0. The summed E-state index contributed by atoms with van der Waals surface area (Å²) in [5.74, 6) is -0.247. The number of carbonyl (C=O) groups is 1. The molecule has 3 aromatic rings. The van der Waals surface area contributed by atoms with Crippen LogP contribution in [0.3, 0.4) is 0 Å². The molecule has 1 unspecified atom stereocenters. The Morgan fingerprint density at radius 3 is 2.85 bits per heavy atom. The summed E-state index contributed by atoms with van der Waals surface area (Å²) in [4.78, 5) is 28.3. The number of aliphatic imine (C=N–C) groups is 1. The Labute approximate surface area is 194 Å². The molecule has 0 saturated heterocycles. The fourth-order valence-corrected chi connectivity index (χ4v) is 4.28. The summed E-state index contributed by atoms with van der Waals surface area (Å²) in [5, 5.41) is 14.3. The third-order valence-corrected chi connectivity index (χ3v) is 5.95. The molecule has 2 aliphatic heterocycles. The number of carbonyl (C=O) groups excluding carboxylic acids is 1. The largest absolute Gasteiger partial charge is 0.467 e. The number of nitrogens with two attached hydrogens (primary N) is 1. The van der Waals surface area contributed by atoms with Crippen LogP contribution in [0.15, 0.2) is 29.4 Å². The minimum absolute atomic E-state index is 0.0272. The van der Waals surface area contributed by atoms with Crippen LogP contribution in [0.25, 0.3) is 11.3 Å². The minimum Gasteiger partial charge on any atom is -0.467 e. The summed E-state index contributed by atoms with van der Waals surface area (Å²) in [7, 11) is 1.64. The predicted octanol–water partition coefficient (Wildman–Crippen LogP) is 2.49. The van der Waals surface area contributed by atoms with Gasteiger partial charge in [-0.2, -0.15) is 10.4 Å². The number of rotatable bonds is 0. The summed E-state index contributed by atoms with van der Waals surface area (Å²) in [5.41, 5.74) is 7.41. The number of aromatic nitrogens is 4. The Balaban J connectivity index is 1.82. The molecule has 5 rings (SSSR count). The third kappa shape index (κ3) is 3.18. The van der Waals surface area contributed by atoms with Crippen LogP contribution in [0.2, 0.25) is 0 Å². The van der Waals surface area contributed by atoms with E-state index in [2.05, 4.69) is 26.1 Å². The van der Waals surface area contributed by atoms with E-state index in [-0.39, 0.29) is 29.8 Å². The first-order valence-corrected chi connectivity index (χ1v) is 10.6. The summed E-state index contributed by atoms with van der Waals surface area (Å²) in [6.07, 6.45) is 0.724. The molecule has 1 aromatic carbocycles. The van der Waals surface area contributed by atoms with E-state index in [0.29, 0.717) is 33.9 Å². The van der Waals surface area contributed by atoms with Crippen LogP contribution in [-0.2, 0) is 18.4 Å². The number of nitrogens with zero attached hydrogens (tertiary/aromatic N) is 7. The first-order valence-electron chi connectivity index (χ1n) is 10.6. The van der Waals surface area contributed by atoms with Crippen LogP contribution in [0.5, 0.6) is 5.88 Å². The van der Waals surface area contributed by atoms with Crippen LogP contribution in [0.1, 0.15) is 49.4 Å². The highest BCUT2D eigenvalue weighted by molar-refractivity contribution is 6.15. The highest BCUT2D eigenvalue weighted by Gasteiger charge is 2.43. The minimum atomic E-state index is -1.04. The fraction of sp³-hybridized carbons (Fsp3) is 0.304. The van der Waals surface area contributed by atoms with Crippen molar-refractivity contribution in [2.24, 2.45) is 12.0 Å². The topological polar surface area (TPSA) is 135 Å². The number of hydrogen-bond acceptors (Lipinski definition) is 8. The Hall–Kier alpha value is -4.33. The van der Waals surface area contributed by atoms with Crippen molar-refractivity contribution in [1.29, 1.82) is 5.26 Å². The van der Waals surface area contributed by atoms with Gasteiger partial charge in [0.15, 0.2) is 5.82 Å². The van der Waals surface area contributed by atoms with Crippen molar-refractivity contribution in [2.45, 2.75) is 39.0 Å². The first-order chi connectivity index (χ1) is 16.1. The normalized spacial score (nSPS) is 18.5. The molecule has 172 valence electrons. The maximum absolute atomic E-state index is 14.3. The van der Waals surface area contributed by atoms with Gasteiger partial charge in [0.25, 0.3) is 11.8 Å². The molecule has 2 aromatic heterocycles. The molecule has 34 heavy (non-hydrogen) atoms. The number of aryl methyl sites for hydroxylation is 1. The van der Waals surface area contributed by atoms with E-state index in [9.17, 15) is 14.4 Å². The predicted molar refractivity (Wildman–Crippen MR) is 120 cm³/mol. The van der Waals surface area contributed by atoms with Gasteiger partial charge in [-0.25, -0.2) is 14.4 Å². The van der Waals surface area contributed by atoms with Crippen LogP contribution in [0.4, 0.5) is 10.2 Å². The SMILES string of the molecule is CC1Oc2nc(cnc2N)-c2c(nn(C)c2C#N)CN2C(=O)C(C)(C)N=C2c2ccc(F)cc21. The molecule has 2 aliphatic rings. The molecule has 11 heteroatoms. The van der Waals surface area contributed by atoms with Gasteiger partial charge in [-0.3, -0.25) is 19.4 Å². The standard InChI is InChI=1S/C23H21FN8O2/c1-11-14-7-12(24)5-6-13(14)20-29-23(2,3)22(33)32(20)10-16-18(17(8-25)31(4)30-16)15-9-27-19(26)21(28-15)34-11/h5-7,9,11H,10H2,1-4H3,(H2,26,27). The Morgan fingerprint density at radius 1 is 1.35 bits per heavy atom. The smallest absolute Gasteiger partial charge is 0.258 e. The van der Waals surface area contributed by atoms with Crippen molar-refractivity contribution < 1.29 is 13.9 Å². The second kappa shape index (κ2) is 7.34. The number of ether oxygens (including phenoxy) is 1. The molecule has 0 saturated carbocycles. The van der Waals surface area contributed by atoms with Gasteiger partial charge < -0.3 is 10.5 Å². The van der Waals surface area contributed by atoms with E-state index >= 15 is 0 Å². The van der Waals surface area contributed by atoms with Crippen LogP contribution >= 0.6 is 0 Å². The number of amides is 1. The number of fused-ring (bicyclic) bond motifs is 7. The van der Waals surface area contributed by atoms with Crippen LogP contribution < -0.4 is 10.5 Å². The van der Waals surface area contributed by atoms with E-state index in [4.69, 9.17) is 10.5 Å². The van der Waals surface area contributed by atoms with Gasteiger partial charge in [-0.05, 0) is 39.0 Å². The van der Waals surface area contributed by atoms with Crippen molar-refractivity contribution in [3.8, 4) is 23.2 Å². The zero-order chi connectivity index (χ0) is 24.4. The van der Waals surface area contributed by atoms with Gasteiger partial charge >= 0.3 is 0 Å². The van der Waals surface area contributed by atoms with Gasteiger partial charge in [0.2, 0.25) is 0 Å². The fourth-order valence-electron chi connectivity index (χ4n) is 4.28. The zero-order valence-corrected chi connectivity index (χ0v) is 19.0. The van der Waals surface area contributed by atoms with Crippen molar-refractivity contribution >= 4 is 17.6 Å².